The van der Waals surface area contributed by atoms with Gasteiger partial charge in [0.05, 0.1) is 5.88 Å². The van der Waals surface area contributed by atoms with Gasteiger partial charge in [0.2, 0.25) is 0 Å². The summed E-state index contributed by atoms with van der Waals surface area (Å²) in [5.41, 5.74) is 2.37. The first-order valence-electron chi connectivity index (χ1n) is 4.83. The van der Waals surface area contributed by atoms with Crippen molar-refractivity contribution in [2.24, 2.45) is 0 Å². The first-order valence-corrected chi connectivity index (χ1v) is 5.37. The van der Waals surface area contributed by atoms with Crippen LogP contribution in [0.5, 0.6) is 0 Å². The molecule has 82 valence electrons. The van der Waals surface area contributed by atoms with Crippen molar-refractivity contribution in [2.45, 2.75) is 12.8 Å². The van der Waals surface area contributed by atoms with Gasteiger partial charge in [-0.25, -0.2) is 14.4 Å². The number of rotatable bonds is 2. The van der Waals surface area contributed by atoms with Gasteiger partial charge in [-0.3, -0.25) is 0 Å². The summed E-state index contributed by atoms with van der Waals surface area (Å²) in [6, 6.07) is 4.73. The van der Waals surface area contributed by atoms with Gasteiger partial charge in [0.1, 0.15) is 5.82 Å². The molecule has 0 aliphatic heterocycles. The van der Waals surface area contributed by atoms with E-state index in [9.17, 15) is 4.39 Å². The number of hydrogen-bond acceptors (Lipinski definition) is 2. The third-order valence-corrected chi connectivity index (χ3v) is 2.47. The van der Waals surface area contributed by atoms with Gasteiger partial charge in [-0.2, -0.15) is 0 Å². The molecule has 0 saturated heterocycles. The van der Waals surface area contributed by atoms with E-state index in [1.54, 1.807) is 12.4 Å². The zero-order valence-corrected chi connectivity index (χ0v) is 9.50. The molecule has 0 saturated carbocycles. The molecule has 0 atom stereocenters. The first-order chi connectivity index (χ1) is 7.69. The van der Waals surface area contributed by atoms with Gasteiger partial charge >= 0.3 is 0 Å². The Hall–Kier alpha value is -1.48. The van der Waals surface area contributed by atoms with Crippen LogP contribution >= 0.6 is 11.6 Å². The van der Waals surface area contributed by atoms with Crippen molar-refractivity contribution >= 4 is 11.6 Å². The standard InChI is InChI=1S/C12H10ClFN2/c1-8-2-10(4-11(14)3-8)12-15-6-9(5-13)7-16-12/h2-4,6-7H,5H2,1H3. The highest BCUT2D eigenvalue weighted by atomic mass is 35.5. The van der Waals surface area contributed by atoms with Crippen molar-refractivity contribution in [2.75, 3.05) is 0 Å². The first kappa shape index (κ1) is 11.0. The van der Waals surface area contributed by atoms with Crippen LogP contribution < -0.4 is 0 Å². The van der Waals surface area contributed by atoms with Gasteiger partial charge < -0.3 is 0 Å². The topological polar surface area (TPSA) is 25.8 Å². The Bertz CT molecular complexity index is 477. The highest BCUT2D eigenvalue weighted by Crippen LogP contribution is 2.18. The summed E-state index contributed by atoms with van der Waals surface area (Å²) < 4.78 is 13.2. The van der Waals surface area contributed by atoms with Gasteiger partial charge in [0, 0.05) is 23.5 Å². The van der Waals surface area contributed by atoms with Gasteiger partial charge in [0.25, 0.3) is 0 Å². The van der Waals surface area contributed by atoms with Gasteiger partial charge in [-0.05, 0) is 30.7 Å². The summed E-state index contributed by atoms with van der Waals surface area (Å²) >= 11 is 5.64. The molecule has 2 nitrogen and oxygen atoms in total. The molecule has 1 aromatic carbocycles. The highest BCUT2D eigenvalue weighted by molar-refractivity contribution is 6.17. The smallest absolute Gasteiger partial charge is 0.159 e. The van der Waals surface area contributed by atoms with Crippen LogP contribution in [0.4, 0.5) is 4.39 Å². The zero-order chi connectivity index (χ0) is 11.5. The molecule has 0 aliphatic rings. The number of alkyl halides is 1. The van der Waals surface area contributed by atoms with Crippen molar-refractivity contribution in [1.82, 2.24) is 9.97 Å². The van der Waals surface area contributed by atoms with Gasteiger partial charge in [0.15, 0.2) is 5.82 Å². The summed E-state index contributed by atoms with van der Waals surface area (Å²) in [6.45, 7) is 1.83. The molecule has 2 rings (SSSR count). The van der Waals surface area contributed by atoms with E-state index in [0.29, 0.717) is 17.3 Å². The van der Waals surface area contributed by atoms with E-state index in [-0.39, 0.29) is 5.82 Å². The van der Waals surface area contributed by atoms with Crippen LogP contribution in [-0.2, 0) is 5.88 Å². The minimum absolute atomic E-state index is 0.278. The SMILES string of the molecule is Cc1cc(F)cc(-c2ncc(CCl)cn2)c1. The Morgan fingerprint density at radius 2 is 1.88 bits per heavy atom. The lowest BCUT2D eigenvalue weighted by Gasteiger charge is -2.02. The lowest BCUT2D eigenvalue weighted by Crippen LogP contribution is -1.92. The molecule has 0 N–H and O–H groups in total. The predicted molar refractivity (Wildman–Crippen MR) is 61.7 cm³/mol. The van der Waals surface area contributed by atoms with Gasteiger partial charge in [-0.1, -0.05) is 0 Å². The second-order valence-corrected chi connectivity index (χ2v) is 3.83. The zero-order valence-electron chi connectivity index (χ0n) is 8.74. The molecule has 0 bridgehead atoms. The van der Waals surface area contributed by atoms with Crippen molar-refractivity contribution in [3.63, 3.8) is 0 Å². The molecule has 0 unspecified atom stereocenters. The van der Waals surface area contributed by atoms with Crippen molar-refractivity contribution in [3.8, 4) is 11.4 Å². The molecular formula is C12H10ClFN2. The summed E-state index contributed by atoms with van der Waals surface area (Å²) in [7, 11) is 0. The van der Waals surface area contributed by atoms with Crippen LogP contribution in [0.25, 0.3) is 11.4 Å². The second-order valence-electron chi connectivity index (χ2n) is 3.57. The molecular weight excluding hydrogens is 227 g/mol. The summed E-state index contributed by atoms with van der Waals surface area (Å²) in [6.07, 6.45) is 3.30. The maximum absolute atomic E-state index is 13.2. The van der Waals surface area contributed by atoms with E-state index in [1.807, 2.05) is 13.0 Å². The van der Waals surface area contributed by atoms with Crippen molar-refractivity contribution in [3.05, 3.63) is 47.5 Å². The van der Waals surface area contributed by atoms with Gasteiger partial charge in [-0.15, -0.1) is 11.6 Å². The minimum atomic E-state index is -0.278. The largest absolute Gasteiger partial charge is 0.236 e. The molecule has 1 aromatic heterocycles. The quantitative estimate of drug-likeness (QED) is 0.748. The normalized spacial score (nSPS) is 10.4. The number of halogens is 2. The van der Waals surface area contributed by atoms with Crippen LogP contribution in [0.15, 0.2) is 30.6 Å². The van der Waals surface area contributed by atoms with E-state index >= 15 is 0 Å². The molecule has 16 heavy (non-hydrogen) atoms. The lowest BCUT2D eigenvalue weighted by atomic mass is 10.1. The summed E-state index contributed by atoms with van der Waals surface area (Å²) in [5.74, 6) is 0.610. The van der Waals surface area contributed by atoms with Crippen molar-refractivity contribution < 1.29 is 4.39 Å². The summed E-state index contributed by atoms with van der Waals surface area (Å²) in [5, 5.41) is 0. The van der Waals surface area contributed by atoms with E-state index in [0.717, 1.165) is 11.1 Å². The predicted octanol–water partition coefficient (Wildman–Crippen LogP) is 3.33. The van der Waals surface area contributed by atoms with E-state index < -0.39 is 0 Å². The van der Waals surface area contributed by atoms with Crippen LogP contribution in [0.3, 0.4) is 0 Å². The molecule has 0 radical (unpaired) electrons. The lowest BCUT2D eigenvalue weighted by molar-refractivity contribution is 0.627. The minimum Gasteiger partial charge on any atom is -0.236 e. The summed E-state index contributed by atoms with van der Waals surface area (Å²) in [4.78, 5) is 8.28. The number of hydrogen-bond donors (Lipinski definition) is 0. The number of benzene rings is 1. The van der Waals surface area contributed by atoms with E-state index in [4.69, 9.17) is 11.6 Å². The third kappa shape index (κ3) is 2.36. The second kappa shape index (κ2) is 4.58. The van der Waals surface area contributed by atoms with Crippen LogP contribution in [0.2, 0.25) is 0 Å². The maximum Gasteiger partial charge on any atom is 0.159 e. The van der Waals surface area contributed by atoms with Crippen LogP contribution in [0, 0.1) is 12.7 Å². The molecule has 0 fully saturated rings. The fraction of sp³-hybridized carbons (Fsp3) is 0.167. The molecule has 1 heterocycles. The van der Waals surface area contributed by atoms with Crippen LogP contribution in [-0.4, -0.2) is 9.97 Å². The van der Waals surface area contributed by atoms with E-state index in [2.05, 4.69) is 9.97 Å². The van der Waals surface area contributed by atoms with Crippen LogP contribution in [0.1, 0.15) is 11.1 Å². The maximum atomic E-state index is 13.2. The molecule has 0 spiro atoms. The molecule has 2 aromatic rings. The fourth-order valence-electron chi connectivity index (χ4n) is 1.44. The number of aryl methyl sites for hydroxylation is 1. The molecule has 4 heteroatoms. The number of nitrogens with zero attached hydrogens (tertiary/aromatic N) is 2. The highest BCUT2D eigenvalue weighted by Gasteiger charge is 2.04. The third-order valence-electron chi connectivity index (χ3n) is 2.16. The monoisotopic (exact) mass is 236 g/mol. The Morgan fingerprint density at radius 3 is 2.44 bits per heavy atom. The average Bonchev–Trinajstić information content (AvgIpc) is 2.28. The number of aromatic nitrogens is 2. The Balaban J connectivity index is 2.42. The average molecular weight is 237 g/mol. The fourth-order valence-corrected chi connectivity index (χ4v) is 1.58. The Labute approximate surface area is 98.1 Å². The van der Waals surface area contributed by atoms with E-state index in [1.165, 1.54) is 12.1 Å². The van der Waals surface area contributed by atoms with Crippen molar-refractivity contribution in [1.29, 1.82) is 0 Å². The Kier molecular flexibility index (Phi) is 3.15. The molecule has 0 aliphatic carbocycles. The molecule has 0 amide bonds. The Morgan fingerprint density at radius 1 is 1.19 bits per heavy atom.